The Kier molecular flexibility index (Phi) is 5.30. The van der Waals surface area contributed by atoms with Gasteiger partial charge in [-0.05, 0) is 61.7 Å². The van der Waals surface area contributed by atoms with Crippen molar-refractivity contribution < 1.29 is 10.2 Å². The summed E-state index contributed by atoms with van der Waals surface area (Å²) in [6.45, 7) is 6.67. The second-order valence-electron chi connectivity index (χ2n) is 7.59. The fourth-order valence-corrected chi connectivity index (χ4v) is 4.13. The van der Waals surface area contributed by atoms with E-state index in [0.29, 0.717) is 23.7 Å². The van der Waals surface area contributed by atoms with Crippen LogP contribution < -0.4 is 0 Å². The third-order valence-electron chi connectivity index (χ3n) is 5.37. The van der Waals surface area contributed by atoms with E-state index in [2.05, 4.69) is 20.8 Å². The van der Waals surface area contributed by atoms with Crippen molar-refractivity contribution in [3.8, 4) is 0 Å². The minimum absolute atomic E-state index is 0.0680. The van der Waals surface area contributed by atoms with Gasteiger partial charge in [0.15, 0.2) is 0 Å². The predicted octanol–water partition coefficient (Wildman–Crippen LogP) is 3.61. The van der Waals surface area contributed by atoms with E-state index in [4.69, 9.17) is 0 Å². The summed E-state index contributed by atoms with van der Waals surface area (Å²) in [5, 5.41) is 20.3. The Hall–Kier alpha value is -0.0800. The molecule has 2 heteroatoms. The van der Waals surface area contributed by atoms with Gasteiger partial charge in [0.05, 0.1) is 12.2 Å². The summed E-state index contributed by atoms with van der Waals surface area (Å²) in [6, 6.07) is 0. The van der Waals surface area contributed by atoms with Crippen molar-refractivity contribution in [1.82, 2.24) is 0 Å². The Balaban J connectivity index is 1.73. The molecule has 6 unspecified atom stereocenters. The maximum Gasteiger partial charge on any atom is 0.0573 e. The van der Waals surface area contributed by atoms with Crippen molar-refractivity contribution in [2.75, 3.05) is 0 Å². The summed E-state index contributed by atoms with van der Waals surface area (Å²) < 4.78 is 0. The zero-order valence-corrected chi connectivity index (χ0v) is 12.9. The maximum atomic E-state index is 10.2. The number of aliphatic hydroxyl groups is 2. The van der Waals surface area contributed by atoms with Gasteiger partial charge in [0.2, 0.25) is 0 Å². The van der Waals surface area contributed by atoms with Gasteiger partial charge in [-0.15, -0.1) is 0 Å². The van der Waals surface area contributed by atoms with Crippen LogP contribution in [-0.4, -0.2) is 22.4 Å². The van der Waals surface area contributed by atoms with Crippen molar-refractivity contribution in [2.45, 2.75) is 77.9 Å². The second-order valence-corrected chi connectivity index (χ2v) is 7.59. The molecule has 2 saturated carbocycles. The highest BCUT2D eigenvalue weighted by Gasteiger charge is 2.44. The van der Waals surface area contributed by atoms with Crippen LogP contribution in [0, 0.1) is 29.6 Å². The van der Waals surface area contributed by atoms with Crippen LogP contribution in [0.5, 0.6) is 0 Å². The predicted molar refractivity (Wildman–Crippen MR) is 78.8 cm³/mol. The summed E-state index contributed by atoms with van der Waals surface area (Å²) in [5.41, 5.74) is 0. The smallest absolute Gasteiger partial charge is 0.0573 e. The largest absolute Gasteiger partial charge is 0.393 e. The molecule has 2 aliphatic rings. The van der Waals surface area contributed by atoms with Crippen LogP contribution in [0.2, 0.25) is 0 Å². The minimum atomic E-state index is -0.0894. The molecule has 0 aliphatic heterocycles. The van der Waals surface area contributed by atoms with Gasteiger partial charge in [0.25, 0.3) is 0 Å². The fraction of sp³-hybridized carbons (Fsp3) is 1.00. The van der Waals surface area contributed by atoms with Crippen molar-refractivity contribution in [3.63, 3.8) is 0 Å². The average molecular weight is 268 g/mol. The van der Waals surface area contributed by atoms with Gasteiger partial charge in [0.1, 0.15) is 0 Å². The summed E-state index contributed by atoms with van der Waals surface area (Å²) in [5.74, 6) is 2.99. The van der Waals surface area contributed by atoms with E-state index in [1.165, 1.54) is 32.1 Å². The molecule has 0 amide bonds. The highest BCUT2D eigenvalue weighted by Crippen LogP contribution is 2.48. The normalized spacial score (nSPS) is 38.2. The third kappa shape index (κ3) is 4.19. The molecule has 2 aliphatic carbocycles. The van der Waals surface area contributed by atoms with Gasteiger partial charge in [-0.2, -0.15) is 0 Å². The van der Waals surface area contributed by atoms with Gasteiger partial charge < -0.3 is 10.2 Å². The van der Waals surface area contributed by atoms with Crippen LogP contribution in [0.4, 0.5) is 0 Å². The molecule has 0 aromatic rings. The van der Waals surface area contributed by atoms with E-state index in [0.717, 1.165) is 18.8 Å². The molecule has 2 N–H and O–H groups in total. The fourth-order valence-electron chi connectivity index (χ4n) is 4.13. The summed E-state index contributed by atoms with van der Waals surface area (Å²) in [4.78, 5) is 0. The van der Waals surface area contributed by atoms with Crippen LogP contribution in [-0.2, 0) is 0 Å². The SMILES string of the molecule is CC(C)CC(O)C1CC1CC(C)C1CCCCC1O. The first-order chi connectivity index (χ1) is 8.99. The van der Waals surface area contributed by atoms with Gasteiger partial charge in [-0.1, -0.05) is 33.6 Å². The standard InChI is InChI=1S/C17H32O2/c1-11(2)8-17(19)15-10-13(15)9-12(3)14-6-4-5-7-16(14)18/h11-19H,4-10H2,1-3H3. The van der Waals surface area contributed by atoms with Gasteiger partial charge in [-0.3, -0.25) is 0 Å². The summed E-state index contributed by atoms with van der Waals surface area (Å²) >= 11 is 0. The van der Waals surface area contributed by atoms with E-state index < -0.39 is 0 Å². The van der Waals surface area contributed by atoms with Gasteiger partial charge in [0, 0.05) is 0 Å². The highest BCUT2D eigenvalue weighted by atomic mass is 16.3. The molecule has 2 nitrogen and oxygen atoms in total. The minimum Gasteiger partial charge on any atom is -0.393 e. The number of rotatable bonds is 6. The van der Waals surface area contributed by atoms with Crippen LogP contribution in [0.15, 0.2) is 0 Å². The van der Waals surface area contributed by atoms with E-state index in [1.54, 1.807) is 0 Å². The lowest BCUT2D eigenvalue weighted by Crippen LogP contribution is -2.30. The molecule has 0 bridgehead atoms. The molecule has 0 saturated heterocycles. The highest BCUT2D eigenvalue weighted by molar-refractivity contribution is 4.93. The molecule has 6 atom stereocenters. The molecule has 0 spiro atoms. The van der Waals surface area contributed by atoms with Crippen molar-refractivity contribution in [2.24, 2.45) is 29.6 Å². The monoisotopic (exact) mass is 268 g/mol. The lowest BCUT2D eigenvalue weighted by molar-refractivity contribution is 0.0359. The van der Waals surface area contributed by atoms with Crippen molar-refractivity contribution in [1.29, 1.82) is 0 Å². The second kappa shape index (κ2) is 6.58. The van der Waals surface area contributed by atoms with Crippen molar-refractivity contribution in [3.05, 3.63) is 0 Å². The Morgan fingerprint density at radius 3 is 2.37 bits per heavy atom. The number of aliphatic hydroxyl groups excluding tert-OH is 2. The topological polar surface area (TPSA) is 40.5 Å². The molecule has 0 radical (unpaired) electrons. The first-order valence-electron chi connectivity index (χ1n) is 8.35. The third-order valence-corrected chi connectivity index (χ3v) is 5.37. The zero-order chi connectivity index (χ0) is 14.0. The van der Waals surface area contributed by atoms with Crippen LogP contribution in [0.3, 0.4) is 0 Å². The molecule has 0 heterocycles. The van der Waals surface area contributed by atoms with Crippen LogP contribution in [0.25, 0.3) is 0 Å². The molecule has 0 aromatic heterocycles. The lowest BCUT2D eigenvalue weighted by atomic mass is 9.76. The average Bonchev–Trinajstić information content (AvgIpc) is 3.08. The molecule has 2 fully saturated rings. The molecule has 2 rings (SSSR count). The molecule has 112 valence electrons. The van der Waals surface area contributed by atoms with E-state index in [1.807, 2.05) is 0 Å². The zero-order valence-electron chi connectivity index (χ0n) is 12.9. The number of hydrogen-bond donors (Lipinski definition) is 2. The molecular formula is C17H32O2. The van der Waals surface area contributed by atoms with Gasteiger partial charge in [-0.25, -0.2) is 0 Å². The Morgan fingerprint density at radius 1 is 1.05 bits per heavy atom. The first kappa shape index (κ1) is 15.3. The molecule has 0 aromatic carbocycles. The Bertz CT molecular complexity index is 276. The van der Waals surface area contributed by atoms with E-state index >= 15 is 0 Å². The maximum absolute atomic E-state index is 10.2. The van der Waals surface area contributed by atoms with Gasteiger partial charge >= 0.3 is 0 Å². The van der Waals surface area contributed by atoms with E-state index in [-0.39, 0.29) is 12.2 Å². The van der Waals surface area contributed by atoms with Crippen LogP contribution >= 0.6 is 0 Å². The lowest BCUT2D eigenvalue weighted by Gasteiger charge is -2.32. The first-order valence-corrected chi connectivity index (χ1v) is 8.35. The van der Waals surface area contributed by atoms with E-state index in [9.17, 15) is 10.2 Å². The summed E-state index contributed by atoms with van der Waals surface area (Å²) in [7, 11) is 0. The molecular weight excluding hydrogens is 236 g/mol. The Morgan fingerprint density at radius 2 is 1.74 bits per heavy atom. The number of hydrogen-bond acceptors (Lipinski definition) is 2. The quantitative estimate of drug-likeness (QED) is 0.772. The van der Waals surface area contributed by atoms with Crippen LogP contribution in [0.1, 0.15) is 65.7 Å². The Labute approximate surface area is 118 Å². The summed E-state index contributed by atoms with van der Waals surface area (Å²) in [6.07, 6.45) is 7.90. The molecule has 19 heavy (non-hydrogen) atoms. The van der Waals surface area contributed by atoms with Crippen molar-refractivity contribution >= 4 is 0 Å².